The number of carbonyl (C=O) groups is 2. The average Bonchev–Trinajstić information content (AvgIpc) is 2.98. The number of aliphatic hydroxyl groups is 1. The molecule has 1 saturated carbocycles. The van der Waals surface area contributed by atoms with E-state index in [-0.39, 0.29) is 24.9 Å². The van der Waals surface area contributed by atoms with Crippen molar-refractivity contribution in [1.82, 2.24) is 0 Å². The maximum Gasteiger partial charge on any atom is 0.338 e. The molecule has 2 aromatic rings. The monoisotopic (exact) mass is 391 g/mol. The Balaban J connectivity index is 0.00000261. The van der Waals surface area contributed by atoms with Gasteiger partial charge in [0, 0.05) is 18.6 Å². The molecule has 0 saturated heterocycles. The Kier molecular flexibility index (Phi) is 7.36. The summed E-state index contributed by atoms with van der Waals surface area (Å²) < 4.78 is 11.1. The van der Waals surface area contributed by atoms with E-state index in [0.717, 1.165) is 0 Å². The number of hydrogen-bond donors (Lipinski definition) is 2. The lowest BCUT2D eigenvalue weighted by Gasteiger charge is -2.25. The fourth-order valence-electron chi connectivity index (χ4n) is 3.16. The van der Waals surface area contributed by atoms with Crippen molar-refractivity contribution in [3.8, 4) is 0 Å². The average molecular weight is 392 g/mol. The lowest BCUT2D eigenvalue weighted by Crippen LogP contribution is -2.42. The van der Waals surface area contributed by atoms with Crippen LogP contribution >= 0.6 is 12.4 Å². The summed E-state index contributed by atoms with van der Waals surface area (Å²) in [5.41, 5.74) is 6.87. The molecule has 0 bridgehead atoms. The summed E-state index contributed by atoms with van der Waals surface area (Å²) >= 11 is 0. The van der Waals surface area contributed by atoms with E-state index in [1.54, 1.807) is 60.7 Å². The normalized spacial score (nSPS) is 23.9. The van der Waals surface area contributed by atoms with Gasteiger partial charge in [-0.2, -0.15) is 0 Å². The topological polar surface area (TPSA) is 98.9 Å². The lowest BCUT2D eigenvalue weighted by molar-refractivity contribution is -0.0433. The molecular weight excluding hydrogens is 370 g/mol. The van der Waals surface area contributed by atoms with E-state index in [9.17, 15) is 14.7 Å². The van der Waals surface area contributed by atoms with Crippen molar-refractivity contribution >= 4 is 24.3 Å². The summed E-state index contributed by atoms with van der Waals surface area (Å²) in [6, 6.07) is 16.5. The quantitative estimate of drug-likeness (QED) is 0.758. The highest BCUT2D eigenvalue weighted by Crippen LogP contribution is 2.31. The fourth-order valence-corrected chi connectivity index (χ4v) is 3.16. The Morgan fingerprint density at radius 2 is 1.33 bits per heavy atom. The van der Waals surface area contributed by atoms with Gasteiger partial charge in [-0.15, -0.1) is 12.4 Å². The number of rotatable bonds is 5. The van der Waals surface area contributed by atoms with Crippen molar-refractivity contribution in [1.29, 1.82) is 0 Å². The molecule has 3 N–H and O–H groups in total. The molecule has 4 atom stereocenters. The molecule has 1 fully saturated rings. The van der Waals surface area contributed by atoms with Crippen LogP contribution in [0.4, 0.5) is 0 Å². The number of esters is 2. The Bertz CT molecular complexity index is 755. The highest BCUT2D eigenvalue weighted by atomic mass is 35.5. The van der Waals surface area contributed by atoms with E-state index in [1.807, 2.05) is 0 Å². The molecule has 6 nitrogen and oxygen atoms in total. The number of halogens is 1. The number of ether oxygens (including phenoxy) is 2. The van der Waals surface area contributed by atoms with Crippen LogP contribution in [-0.2, 0) is 9.47 Å². The van der Waals surface area contributed by atoms with Gasteiger partial charge in [-0.05, 0) is 30.7 Å². The molecule has 3 rings (SSSR count). The van der Waals surface area contributed by atoms with Gasteiger partial charge in [0.1, 0.15) is 6.10 Å². The van der Waals surface area contributed by atoms with Crippen molar-refractivity contribution in [3.63, 3.8) is 0 Å². The summed E-state index contributed by atoms with van der Waals surface area (Å²) in [6.07, 6.45) is -1.21. The summed E-state index contributed by atoms with van der Waals surface area (Å²) in [4.78, 5) is 24.7. The maximum atomic E-state index is 12.4. The van der Waals surface area contributed by atoms with Gasteiger partial charge in [-0.25, -0.2) is 9.59 Å². The second-order valence-electron chi connectivity index (χ2n) is 6.31. The first-order chi connectivity index (χ1) is 12.6. The zero-order valence-corrected chi connectivity index (χ0v) is 15.4. The van der Waals surface area contributed by atoms with Gasteiger partial charge in [-0.1, -0.05) is 36.4 Å². The molecule has 0 heterocycles. The van der Waals surface area contributed by atoms with Gasteiger partial charge in [0.25, 0.3) is 0 Å². The van der Waals surface area contributed by atoms with Gasteiger partial charge in [0.2, 0.25) is 0 Å². The molecule has 0 unspecified atom stereocenters. The van der Waals surface area contributed by atoms with Crippen LogP contribution in [0.3, 0.4) is 0 Å². The fraction of sp³-hybridized carbons (Fsp3) is 0.300. The molecule has 7 heteroatoms. The van der Waals surface area contributed by atoms with E-state index in [4.69, 9.17) is 15.2 Å². The largest absolute Gasteiger partial charge is 0.454 e. The molecule has 0 spiro atoms. The van der Waals surface area contributed by atoms with E-state index in [1.165, 1.54) is 0 Å². The minimum Gasteiger partial charge on any atom is -0.454 e. The first kappa shape index (κ1) is 20.9. The zero-order chi connectivity index (χ0) is 18.5. The Hall–Kier alpha value is -2.41. The Morgan fingerprint density at radius 1 is 0.889 bits per heavy atom. The highest BCUT2D eigenvalue weighted by Gasteiger charge is 2.46. The minimum absolute atomic E-state index is 0. The van der Waals surface area contributed by atoms with Crippen molar-refractivity contribution < 1.29 is 24.2 Å². The number of nitrogens with two attached hydrogens (primary N) is 1. The van der Waals surface area contributed by atoms with Crippen molar-refractivity contribution in [2.45, 2.75) is 24.7 Å². The molecule has 0 aliphatic heterocycles. The summed E-state index contributed by atoms with van der Waals surface area (Å²) in [7, 11) is 0. The predicted octanol–water partition coefficient (Wildman–Crippen LogP) is 2.20. The smallest absolute Gasteiger partial charge is 0.338 e. The summed E-state index contributed by atoms with van der Waals surface area (Å²) in [5, 5.41) is 9.62. The van der Waals surface area contributed by atoms with E-state index < -0.39 is 30.2 Å². The van der Waals surface area contributed by atoms with E-state index in [0.29, 0.717) is 17.5 Å². The molecule has 0 amide bonds. The molecule has 2 aromatic carbocycles. The van der Waals surface area contributed by atoms with Crippen molar-refractivity contribution in [2.75, 3.05) is 6.61 Å². The molecule has 27 heavy (non-hydrogen) atoms. The molecular formula is C20H22ClNO5. The molecule has 0 aromatic heterocycles. The van der Waals surface area contributed by atoms with Gasteiger partial charge >= 0.3 is 11.9 Å². The minimum atomic E-state index is -0.812. The van der Waals surface area contributed by atoms with Crippen LogP contribution in [0.2, 0.25) is 0 Å². The van der Waals surface area contributed by atoms with Crippen LogP contribution in [0, 0.1) is 5.92 Å². The van der Waals surface area contributed by atoms with Crippen LogP contribution in [0.25, 0.3) is 0 Å². The zero-order valence-electron chi connectivity index (χ0n) is 14.6. The number of carbonyl (C=O) groups excluding carboxylic acids is 2. The van der Waals surface area contributed by atoms with Crippen LogP contribution in [0.1, 0.15) is 27.1 Å². The number of benzene rings is 2. The van der Waals surface area contributed by atoms with Crippen molar-refractivity contribution in [3.05, 3.63) is 71.8 Å². The summed E-state index contributed by atoms with van der Waals surface area (Å²) in [6.45, 7) is -0.209. The van der Waals surface area contributed by atoms with Crippen LogP contribution in [0.5, 0.6) is 0 Å². The van der Waals surface area contributed by atoms with Gasteiger partial charge in [0.05, 0.1) is 11.1 Å². The highest BCUT2D eigenvalue weighted by molar-refractivity contribution is 5.90. The lowest BCUT2D eigenvalue weighted by atomic mass is 10.1. The van der Waals surface area contributed by atoms with Gasteiger partial charge in [-0.3, -0.25) is 0 Å². The third-order valence-corrected chi connectivity index (χ3v) is 4.53. The second kappa shape index (κ2) is 9.50. The van der Waals surface area contributed by atoms with Gasteiger partial charge < -0.3 is 20.3 Å². The van der Waals surface area contributed by atoms with Crippen molar-refractivity contribution in [2.24, 2.45) is 11.7 Å². The maximum absolute atomic E-state index is 12.4. The third-order valence-electron chi connectivity index (χ3n) is 4.53. The summed E-state index contributed by atoms with van der Waals surface area (Å²) in [5.74, 6) is -1.46. The van der Waals surface area contributed by atoms with Crippen LogP contribution in [0.15, 0.2) is 60.7 Å². The third kappa shape index (κ3) is 4.86. The Labute approximate surface area is 163 Å². The SMILES string of the molecule is Cl.N[C@@H]1C[C@H](CO)[C@@H](OC(=O)c2ccccc2)[C@H]1OC(=O)c1ccccc1. The number of aliphatic hydroxyl groups excluding tert-OH is 1. The standard InChI is InChI=1S/C20H21NO5.ClH/c21-16-11-15(12-22)17(25-19(23)13-7-3-1-4-8-13)18(16)26-20(24)14-9-5-2-6-10-14;/h1-10,15-18,22H,11-12,21H2;1H/t15-,16-,17-,18+;/m1./s1. The first-order valence-electron chi connectivity index (χ1n) is 8.48. The van der Waals surface area contributed by atoms with Crippen LogP contribution in [-0.4, -0.2) is 41.9 Å². The predicted molar refractivity (Wildman–Crippen MR) is 102 cm³/mol. The molecule has 0 radical (unpaired) electrons. The van der Waals surface area contributed by atoms with E-state index in [2.05, 4.69) is 0 Å². The molecule has 1 aliphatic carbocycles. The van der Waals surface area contributed by atoms with Gasteiger partial charge in [0.15, 0.2) is 6.10 Å². The molecule has 144 valence electrons. The van der Waals surface area contributed by atoms with E-state index >= 15 is 0 Å². The molecule has 1 aliphatic rings. The number of hydrogen-bond acceptors (Lipinski definition) is 6. The second-order valence-corrected chi connectivity index (χ2v) is 6.31. The van der Waals surface area contributed by atoms with Crippen LogP contribution < -0.4 is 5.73 Å². The first-order valence-corrected chi connectivity index (χ1v) is 8.48. The Morgan fingerprint density at radius 3 is 1.78 bits per heavy atom.